The summed E-state index contributed by atoms with van der Waals surface area (Å²) in [7, 11) is -0.0746. The summed E-state index contributed by atoms with van der Waals surface area (Å²) in [6, 6.07) is 10.7. The molecule has 0 spiro atoms. The van der Waals surface area contributed by atoms with Gasteiger partial charge >= 0.3 is 0 Å². The Morgan fingerprint density at radius 3 is 2.32 bits per heavy atom. The summed E-state index contributed by atoms with van der Waals surface area (Å²) in [6.07, 6.45) is 8.47. The number of methoxy groups -OCH3 is 1. The largest absolute Gasteiger partial charge is 0.411 e. The zero-order chi connectivity index (χ0) is 29.4. The Morgan fingerprint density at radius 1 is 0.927 bits per heavy atom. The lowest BCUT2D eigenvalue weighted by molar-refractivity contribution is -0.258. The molecule has 6 heteroatoms. The van der Waals surface area contributed by atoms with Crippen LogP contribution in [0.4, 0.5) is 0 Å². The number of hydrogen-bond donors (Lipinski definition) is 0. The normalized spacial score (nSPS) is 43.6. The maximum absolute atomic E-state index is 7.29. The first-order valence-corrected chi connectivity index (χ1v) is 19.4. The van der Waals surface area contributed by atoms with Crippen LogP contribution >= 0.6 is 0 Å². The van der Waals surface area contributed by atoms with Crippen LogP contribution in [-0.4, -0.2) is 51.2 Å². The van der Waals surface area contributed by atoms with Gasteiger partial charge in [-0.1, -0.05) is 70.9 Å². The number of hydrogen-bond acceptors (Lipinski definition) is 5. The van der Waals surface area contributed by atoms with Gasteiger partial charge in [-0.2, -0.15) is 0 Å². The third-order valence-corrected chi connectivity index (χ3v) is 17.2. The summed E-state index contributed by atoms with van der Waals surface area (Å²) < 4.78 is 35.0. The fraction of sp³-hybridized carbons (Fsp3) is 0.829. The molecule has 1 heterocycles. The second-order valence-electron chi connectivity index (χ2n) is 16.3. The van der Waals surface area contributed by atoms with Crippen molar-refractivity contribution in [1.82, 2.24) is 0 Å². The van der Waals surface area contributed by atoms with Crippen molar-refractivity contribution < 1.29 is 23.4 Å². The van der Waals surface area contributed by atoms with Crippen LogP contribution in [0.15, 0.2) is 30.3 Å². The Hall–Kier alpha value is -0.763. The van der Waals surface area contributed by atoms with Crippen LogP contribution in [-0.2, 0) is 30.0 Å². The van der Waals surface area contributed by atoms with E-state index in [0.29, 0.717) is 30.3 Å². The molecule has 5 aliphatic rings. The quantitative estimate of drug-likeness (QED) is 0.316. The highest BCUT2D eigenvalue weighted by molar-refractivity contribution is 6.74. The van der Waals surface area contributed by atoms with Crippen molar-refractivity contribution in [2.45, 2.75) is 147 Å². The molecular weight excluding hydrogens is 528 g/mol. The number of benzene rings is 1. The van der Waals surface area contributed by atoms with E-state index in [9.17, 15) is 0 Å². The predicted octanol–water partition coefficient (Wildman–Crippen LogP) is 8.12. The van der Waals surface area contributed by atoms with Gasteiger partial charge in [0, 0.05) is 13.5 Å². The Labute approximate surface area is 250 Å². The van der Waals surface area contributed by atoms with Gasteiger partial charge in [0.2, 0.25) is 0 Å². The maximum Gasteiger partial charge on any atom is 0.192 e. The Balaban J connectivity index is 1.43. The summed E-state index contributed by atoms with van der Waals surface area (Å²) in [6.45, 7) is 19.3. The molecule has 230 valence electrons. The summed E-state index contributed by atoms with van der Waals surface area (Å²) in [4.78, 5) is 0. The van der Waals surface area contributed by atoms with Crippen LogP contribution in [0, 0.1) is 29.1 Å². The summed E-state index contributed by atoms with van der Waals surface area (Å²) in [5.74, 6) is 1.04. The lowest BCUT2D eigenvalue weighted by atomic mass is 9.44. The van der Waals surface area contributed by atoms with Crippen LogP contribution in [0.25, 0.3) is 0 Å². The average Bonchev–Trinajstić information content (AvgIpc) is 3.43. The molecule has 4 aliphatic carbocycles. The fourth-order valence-electron chi connectivity index (χ4n) is 9.86. The molecular formula is C35H56O5Si. The highest BCUT2D eigenvalue weighted by atomic mass is 28.4. The van der Waals surface area contributed by atoms with Crippen molar-refractivity contribution in [3.05, 3.63) is 35.9 Å². The van der Waals surface area contributed by atoms with Gasteiger partial charge in [0.15, 0.2) is 14.1 Å². The van der Waals surface area contributed by atoms with Gasteiger partial charge in [-0.25, -0.2) is 0 Å². The molecule has 10 atom stereocenters. The Morgan fingerprint density at radius 2 is 1.63 bits per heavy atom. The van der Waals surface area contributed by atoms with Crippen molar-refractivity contribution in [3.8, 4) is 0 Å². The summed E-state index contributed by atoms with van der Waals surface area (Å²) in [5, 5.41) is 0.144. The average molecular weight is 585 g/mol. The topological polar surface area (TPSA) is 46.2 Å². The summed E-state index contributed by atoms with van der Waals surface area (Å²) >= 11 is 0. The van der Waals surface area contributed by atoms with Crippen LogP contribution < -0.4 is 0 Å². The highest BCUT2D eigenvalue weighted by Crippen LogP contribution is 2.68. The molecule has 0 amide bonds. The molecule has 0 radical (unpaired) electrons. The van der Waals surface area contributed by atoms with E-state index in [1.807, 2.05) is 7.11 Å². The molecule has 41 heavy (non-hydrogen) atoms. The van der Waals surface area contributed by atoms with E-state index in [1.54, 1.807) is 0 Å². The van der Waals surface area contributed by atoms with Gasteiger partial charge in [0.1, 0.15) is 0 Å². The monoisotopic (exact) mass is 584 g/mol. The van der Waals surface area contributed by atoms with E-state index in [2.05, 4.69) is 85.0 Å². The number of fused-ring (bicyclic) bond motifs is 8. The minimum absolute atomic E-state index is 0.0699. The molecule has 0 aromatic heterocycles. The van der Waals surface area contributed by atoms with Gasteiger partial charge < -0.3 is 23.4 Å². The van der Waals surface area contributed by atoms with E-state index < -0.39 is 14.1 Å². The van der Waals surface area contributed by atoms with E-state index in [4.69, 9.17) is 23.4 Å². The smallest absolute Gasteiger partial charge is 0.192 e. The fourth-order valence-corrected chi connectivity index (χ4v) is 11.2. The second-order valence-corrected chi connectivity index (χ2v) is 21.0. The third-order valence-electron chi connectivity index (χ3n) is 12.7. The maximum atomic E-state index is 7.29. The first-order valence-electron chi connectivity index (χ1n) is 16.5. The van der Waals surface area contributed by atoms with Crippen molar-refractivity contribution in [3.63, 3.8) is 0 Å². The Kier molecular flexibility index (Phi) is 7.69. The first-order chi connectivity index (χ1) is 19.2. The minimum atomic E-state index is -2.02. The Bertz CT molecular complexity index is 1080. The molecule has 4 saturated carbocycles. The summed E-state index contributed by atoms with van der Waals surface area (Å²) in [5.41, 5.74) is 1.02. The molecule has 1 aromatic rings. The van der Waals surface area contributed by atoms with E-state index in [1.165, 1.54) is 31.2 Å². The molecule has 1 saturated heterocycles. The van der Waals surface area contributed by atoms with Crippen LogP contribution in [0.1, 0.15) is 92.1 Å². The van der Waals surface area contributed by atoms with E-state index in [-0.39, 0.29) is 40.5 Å². The minimum Gasteiger partial charge on any atom is -0.411 e. The SMILES string of the molecule is COC12CC(OCc3ccccc3)C3C(C4OC(C)(C)OC4C4CCCC[C@@]43C)C1CCC2O[Si](C)(C)C(C)(C)C. The molecule has 0 bridgehead atoms. The standard InChI is InChI=1S/C35H56O5Si/c1-32(2,3)41(8,9)40-27-19-18-24-28-29(26(21-35(24,27)36-7)37-22-23-15-11-10-12-16-23)34(6)20-14-13-17-25(34)30-31(28)39-33(4,5)38-30/h10-12,15-16,24-31H,13-14,17-22H2,1-9H3/t24?,25?,26?,27?,28?,29?,30?,31?,34-,35?/m0/s1. The van der Waals surface area contributed by atoms with Crippen LogP contribution in [0.5, 0.6) is 0 Å². The van der Waals surface area contributed by atoms with Gasteiger partial charge in [-0.15, -0.1) is 0 Å². The van der Waals surface area contributed by atoms with Crippen LogP contribution in [0.3, 0.4) is 0 Å². The molecule has 9 unspecified atom stereocenters. The van der Waals surface area contributed by atoms with Crippen molar-refractivity contribution in [1.29, 1.82) is 0 Å². The molecule has 5 nitrogen and oxygen atoms in total. The van der Waals surface area contributed by atoms with Gasteiger partial charge in [-0.05, 0) is 92.3 Å². The molecule has 0 N–H and O–H groups in total. The number of ether oxygens (including phenoxy) is 4. The second kappa shape index (κ2) is 10.4. The lowest BCUT2D eigenvalue weighted by Crippen LogP contribution is -2.69. The zero-order valence-electron chi connectivity index (χ0n) is 27.2. The van der Waals surface area contributed by atoms with Gasteiger partial charge in [0.05, 0.1) is 36.6 Å². The van der Waals surface area contributed by atoms with Crippen molar-refractivity contribution in [2.75, 3.05) is 7.11 Å². The molecule has 1 aromatic carbocycles. The van der Waals surface area contributed by atoms with Crippen LogP contribution in [0.2, 0.25) is 18.1 Å². The van der Waals surface area contributed by atoms with Gasteiger partial charge in [0.25, 0.3) is 0 Å². The van der Waals surface area contributed by atoms with E-state index in [0.717, 1.165) is 19.3 Å². The molecule has 6 rings (SSSR count). The lowest BCUT2D eigenvalue weighted by Gasteiger charge is -2.64. The molecule has 1 aliphatic heterocycles. The van der Waals surface area contributed by atoms with E-state index >= 15 is 0 Å². The third kappa shape index (κ3) is 4.91. The number of rotatable bonds is 6. The van der Waals surface area contributed by atoms with Crippen molar-refractivity contribution in [2.24, 2.45) is 29.1 Å². The van der Waals surface area contributed by atoms with Crippen molar-refractivity contribution >= 4 is 8.32 Å². The zero-order valence-corrected chi connectivity index (χ0v) is 28.2. The predicted molar refractivity (Wildman–Crippen MR) is 165 cm³/mol. The highest BCUT2D eigenvalue weighted by Gasteiger charge is 2.72. The van der Waals surface area contributed by atoms with Gasteiger partial charge in [-0.3, -0.25) is 0 Å². The first kappa shape index (κ1) is 30.3. The molecule has 5 fully saturated rings.